The van der Waals surface area contributed by atoms with Crippen molar-refractivity contribution in [1.82, 2.24) is 19.6 Å². The van der Waals surface area contributed by atoms with Gasteiger partial charge in [0, 0.05) is 42.9 Å². The average Bonchev–Trinajstić information content (AvgIpc) is 3.37. The highest BCUT2D eigenvalue weighted by Gasteiger charge is 2.30. The van der Waals surface area contributed by atoms with Gasteiger partial charge in [-0.3, -0.25) is 23.6 Å². The fourth-order valence-electron chi connectivity index (χ4n) is 4.49. The van der Waals surface area contributed by atoms with E-state index in [2.05, 4.69) is 10.3 Å². The molecule has 0 unspecified atom stereocenters. The zero-order valence-corrected chi connectivity index (χ0v) is 18.4. The first-order valence-corrected chi connectivity index (χ1v) is 11.7. The Kier molecular flexibility index (Phi) is 6.45. The zero-order chi connectivity index (χ0) is 22.8. The molecule has 10 nitrogen and oxygen atoms in total. The van der Waals surface area contributed by atoms with Crippen molar-refractivity contribution in [3.8, 4) is 5.88 Å². The van der Waals surface area contributed by atoms with Crippen molar-refractivity contribution in [3.05, 3.63) is 26.5 Å². The van der Waals surface area contributed by atoms with Gasteiger partial charge >= 0.3 is 5.97 Å². The predicted octanol–water partition coefficient (Wildman–Crippen LogP) is 1.52. The largest absolute Gasteiger partial charge is 0.492 e. The van der Waals surface area contributed by atoms with E-state index in [0.717, 1.165) is 17.7 Å². The molecule has 0 bridgehead atoms. The van der Waals surface area contributed by atoms with Gasteiger partial charge in [0.25, 0.3) is 11.5 Å². The van der Waals surface area contributed by atoms with Crippen LogP contribution in [0.25, 0.3) is 4.96 Å². The van der Waals surface area contributed by atoms with E-state index in [1.165, 1.54) is 28.6 Å². The minimum absolute atomic E-state index is 0.0620. The highest BCUT2D eigenvalue weighted by molar-refractivity contribution is 7.17. The van der Waals surface area contributed by atoms with Crippen LogP contribution in [-0.4, -0.2) is 55.4 Å². The molecule has 1 aliphatic heterocycles. The molecule has 0 saturated heterocycles. The summed E-state index contributed by atoms with van der Waals surface area (Å²) in [5.41, 5.74) is -0.406. The number of amides is 2. The van der Waals surface area contributed by atoms with Crippen LogP contribution in [0.4, 0.5) is 0 Å². The predicted molar refractivity (Wildman–Crippen MR) is 116 cm³/mol. The van der Waals surface area contributed by atoms with Gasteiger partial charge in [-0.05, 0) is 25.2 Å². The molecule has 1 fully saturated rings. The lowest BCUT2D eigenvalue weighted by Gasteiger charge is -2.27. The maximum Gasteiger partial charge on any atom is 0.303 e. The average molecular weight is 463 g/mol. The summed E-state index contributed by atoms with van der Waals surface area (Å²) in [6.07, 6.45) is 5.70. The normalized spacial score (nSPS) is 16.3. The number of fused-ring (bicyclic) bond motifs is 3. The smallest absolute Gasteiger partial charge is 0.303 e. The van der Waals surface area contributed by atoms with Gasteiger partial charge in [-0.1, -0.05) is 24.2 Å². The second-order valence-electron chi connectivity index (χ2n) is 8.38. The second kappa shape index (κ2) is 9.27. The Labute approximate surface area is 187 Å². The Bertz CT molecular complexity index is 1120. The molecule has 2 aromatic rings. The molecule has 2 amide bonds. The summed E-state index contributed by atoms with van der Waals surface area (Å²) in [5.74, 6) is -1.83. The van der Waals surface area contributed by atoms with E-state index in [1.807, 2.05) is 4.90 Å². The van der Waals surface area contributed by atoms with E-state index in [9.17, 15) is 24.3 Å². The van der Waals surface area contributed by atoms with Crippen LogP contribution in [0.1, 0.15) is 65.9 Å². The van der Waals surface area contributed by atoms with Crippen LogP contribution in [-0.2, 0) is 22.6 Å². The molecular weight excluding hydrogens is 436 g/mol. The summed E-state index contributed by atoms with van der Waals surface area (Å²) in [7, 11) is 0. The molecule has 2 aliphatic rings. The molecule has 0 atom stereocenters. The first-order chi connectivity index (χ1) is 15.3. The van der Waals surface area contributed by atoms with Gasteiger partial charge in [-0.15, -0.1) is 0 Å². The van der Waals surface area contributed by atoms with Crippen molar-refractivity contribution in [2.24, 2.45) is 5.92 Å². The van der Waals surface area contributed by atoms with Gasteiger partial charge in [0.2, 0.25) is 16.7 Å². The Hall–Kier alpha value is -2.95. The van der Waals surface area contributed by atoms with Crippen molar-refractivity contribution >= 4 is 34.1 Å². The number of hydrogen-bond acceptors (Lipinski definition) is 7. The number of rotatable bonds is 7. The number of thiazole rings is 1. The molecule has 172 valence electrons. The Balaban J connectivity index is 1.53. The van der Waals surface area contributed by atoms with Crippen LogP contribution in [0, 0.1) is 5.92 Å². The third kappa shape index (κ3) is 4.47. The van der Waals surface area contributed by atoms with E-state index in [-0.39, 0.29) is 30.3 Å². The van der Waals surface area contributed by atoms with E-state index in [4.69, 9.17) is 5.11 Å². The first-order valence-electron chi connectivity index (χ1n) is 10.9. The van der Waals surface area contributed by atoms with Gasteiger partial charge in [-0.2, -0.15) is 4.98 Å². The van der Waals surface area contributed by atoms with Crippen LogP contribution < -0.4 is 10.9 Å². The Morgan fingerprint density at radius 1 is 1.22 bits per heavy atom. The number of aromatic hydroxyl groups is 1. The molecule has 1 saturated carbocycles. The van der Waals surface area contributed by atoms with Crippen LogP contribution >= 0.6 is 11.3 Å². The van der Waals surface area contributed by atoms with Crippen LogP contribution in [0.5, 0.6) is 5.88 Å². The Morgan fingerprint density at radius 2 is 1.97 bits per heavy atom. The molecule has 0 aromatic carbocycles. The summed E-state index contributed by atoms with van der Waals surface area (Å²) in [6.45, 7) is 0.951. The molecule has 4 rings (SSSR count). The molecule has 0 radical (unpaired) electrons. The highest BCUT2D eigenvalue weighted by Crippen LogP contribution is 2.31. The lowest BCUT2D eigenvalue weighted by atomic mass is 10.0. The number of carboxylic acids is 1. The number of aromatic nitrogens is 2. The van der Waals surface area contributed by atoms with Crippen molar-refractivity contribution in [3.63, 3.8) is 0 Å². The summed E-state index contributed by atoms with van der Waals surface area (Å²) < 4.78 is 1.35. The second-order valence-corrected chi connectivity index (χ2v) is 9.44. The number of nitrogens with one attached hydrogen (secondary N) is 1. The number of carboxylic acid groups (broad SMARTS) is 1. The van der Waals surface area contributed by atoms with Crippen LogP contribution in [0.15, 0.2) is 4.79 Å². The summed E-state index contributed by atoms with van der Waals surface area (Å²) >= 11 is 1.24. The summed E-state index contributed by atoms with van der Waals surface area (Å²) in [4.78, 5) is 55.8. The number of nitrogens with zero attached hydrogens (tertiary/aromatic N) is 3. The van der Waals surface area contributed by atoms with Crippen molar-refractivity contribution in [2.75, 3.05) is 13.1 Å². The van der Waals surface area contributed by atoms with Gasteiger partial charge in [0.05, 0.1) is 6.54 Å². The first kappa shape index (κ1) is 22.3. The minimum Gasteiger partial charge on any atom is -0.492 e. The topological polar surface area (TPSA) is 141 Å². The zero-order valence-electron chi connectivity index (χ0n) is 17.6. The molecular formula is C21H26N4O6S. The summed E-state index contributed by atoms with van der Waals surface area (Å²) in [5, 5.41) is 21.4. The molecule has 2 aromatic heterocycles. The van der Waals surface area contributed by atoms with Crippen molar-refractivity contribution in [2.45, 2.75) is 57.9 Å². The quantitative estimate of drug-likeness (QED) is 0.530. The monoisotopic (exact) mass is 462 g/mol. The molecule has 32 heavy (non-hydrogen) atoms. The number of carbonyl (C=O) groups is 3. The van der Waals surface area contributed by atoms with E-state index >= 15 is 0 Å². The fourth-order valence-corrected chi connectivity index (χ4v) is 5.66. The van der Waals surface area contributed by atoms with E-state index < -0.39 is 28.9 Å². The minimum atomic E-state index is -0.981. The van der Waals surface area contributed by atoms with Gasteiger partial charge in [0.1, 0.15) is 0 Å². The maximum atomic E-state index is 13.0. The Morgan fingerprint density at radius 3 is 2.69 bits per heavy atom. The maximum absolute atomic E-state index is 13.0. The third-order valence-corrected chi connectivity index (χ3v) is 7.23. The van der Waals surface area contributed by atoms with Gasteiger partial charge in [-0.25, -0.2) is 0 Å². The molecule has 11 heteroatoms. The standard InChI is InChI=1S/C21H26N4O6S/c26-15(10-12-4-1-2-5-12)24-9-7-13-14(11-24)32-21-23-19(30)17(20(31)25(13)21)18(29)22-8-3-6-16(27)28/h12,30H,1-11H2,(H,22,29)(H,27,28). The van der Waals surface area contributed by atoms with Crippen LogP contribution in [0.2, 0.25) is 0 Å². The number of carbonyl (C=O) groups excluding carboxylic acids is 2. The molecule has 0 spiro atoms. The lowest BCUT2D eigenvalue weighted by Crippen LogP contribution is -2.37. The number of hydrogen-bond donors (Lipinski definition) is 3. The molecule has 1 aliphatic carbocycles. The molecule has 3 N–H and O–H groups in total. The van der Waals surface area contributed by atoms with Crippen molar-refractivity contribution in [1.29, 1.82) is 0 Å². The highest BCUT2D eigenvalue weighted by atomic mass is 32.1. The van der Waals surface area contributed by atoms with E-state index in [0.29, 0.717) is 37.5 Å². The fraction of sp³-hybridized carbons (Fsp3) is 0.571. The van der Waals surface area contributed by atoms with Gasteiger partial charge < -0.3 is 20.4 Å². The SMILES string of the molecule is O=C(O)CCCNC(=O)c1c(O)nc2sc3c(n2c1=O)CCN(C(=O)CC1CCCC1)C3. The third-order valence-electron chi connectivity index (χ3n) is 6.16. The van der Waals surface area contributed by atoms with Crippen molar-refractivity contribution < 1.29 is 24.6 Å². The molecule has 3 heterocycles. The van der Waals surface area contributed by atoms with Gasteiger partial charge in [0.15, 0.2) is 5.56 Å². The van der Waals surface area contributed by atoms with Crippen LogP contribution in [0.3, 0.4) is 0 Å². The van der Waals surface area contributed by atoms with E-state index in [1.54, 1.807) is 0 Å². The number of aliphatic carboxylic acids is 1. The lowest BCUT2D eigenvalue weighted by molar-refractivity contribution is -0.137. The summed E-state index contributed by atoms with van der Waals surface area (Å²) in [6, 6.07) is 0.